The molecule has 4 rings (SSSR count). The molecule has 2 N–H and O–H groups in total. The third kappa shape index (κ3) is 5.57. The Kier molecular flexibility index (Phi) is 7.48. The quantitative estimate of drug-likeness (QED) is 0.387. The Labute approximate surface area is 196 Å². The van der Waals surface area contributed by atoms with Crippen LogP contribution in [0.4, 0.5) is 9.18 Å². The van der Waals surface area contributed by atoms with E-state index in [2.05, 4.69) is 20.4 Å². The van der Waals surface area contributed by atoms with E-state index in [0.717, 1.165) is 5.56 Å². The molecule has 1 aliphatic heterocycles. The summed E-state index contributed by atoms with van der Waals surface area (Å²) in [5.41, 5.74) is 2.97. The fraction of sp³-hybridized carbons (Fsp3) is 0.333. The normalized spacial score (nSPS) is 17.2. The molecule has 178 valence electrons. The molecule has 1 fully saturated rings. The number of carbonyl (C=O) groups is 1. The Morgan fingerprint density at radius 1 is 1.29 bits per heavy atom. The van der Waals surface area contributed by atoms with Crippen LogP contribution in [0.3, 0.4) is 0 Å². The lowest BCUT2D eigenvalue weighted by Crippen LogP contribution is -2.33. The van der Waals surface area contributed by atoms with E-state index >= 15 is 0 Å². The van der Waals surface area contributed by atoms with Crippen LogP contribution >= 0.6 is 0 Å². The van der Waals surface area contributed by atoms with Gasteiger partial charge in [0.1, 0.15) is 12.4 Å². The fourth-order valence-electron chi connectivity index (χ4n) is 3.99. The van der Waals surface area contributed by atoms with Crippen LogP contribution in [-0.4, -0.2) is 65.2 Å². The van der Waals surface area contributed by atoms with Gasteiger partial charge in [-0.2, -0.15) is 0 Å². The van der Waals surface area contributed by atoms with Gasteiger partial charge in [0.05, 0.1) is 30.1 Å². The van der Waals surface area contributed by atoms with Gasteiger partial charge in [-0.15, -0.1) is 0 Å². The molecule has 10 heteroatoms. The zero-order valence-corrected chi connectivity index (χ0v) is 18.8. The average molecular weight is 468 g/mol. The van der Waals surface area contributed by atoms with Crippen molar-refractivity contribution in [3.63, 3.8) is 0 Å². The molecule has 2 aromatic heterocycles. The first-order chi connectivity index (χ1) is 16.6. The predicted octanol–water partition coefficient (Wildman–Crippen LogP) is 3.01. The lowest BCUT2D eigenvalue weighted by Gasteiger charge is -2.16. The Morgan fingerprint density at radius 3 is 2.88 bits per heavy atom. The first kappa shape index (κ1) is 23.4. The predicted molar refractivity (Wildman–Crippen MR) is 124 cm³/mol. The van der Waals surface area contributed by atoms with E-state index in [1.54, 1.807) is 12.1 Å². The molecule has 1 saturated heterocycles. The minimum absolute atomic E-state index is 0.175. The summed E-state index contributed by atoms with van der Waals surface area (Å²) >= 11 is 0. The molecule has 0 saturated carbocycles. The summed E-state index contributed by atoms with van der Waals surface area (Å²) < 4.78 is 25.0. The number of carbonyl (C=O) groups excluding carboxylic acids is 1. The molecule has 1 unspecified atom stereocenters. The number of pyridine rings is 2. The van der Waals surface area contributed by atoms with E-state index in [4.69, 9.17) is 9.47 Å². The molecular formula is C24H26FN5O4. The van der Waals surface area contributed by atoms with E-state index in [0.29, 0.717) is 54.2 Å². The van der Waals surface area contributed by atoms with Gasteiger partial charge >= 0.3 is 6.09 Å². The summed E-state index contributed by atoms with van der Waals surface area (Å²) in [4.78, 5) is 22.6. The number of likely N-dealkylation sites (tertiary alicyclic amines) is 1. The van der Waals surface area contributed by atoms with Crippen LogP contribution in [0.15, 0.2) is 53.8 Å². The minimum atomic E-state index is -0.537. The Bertz CT molecular complexity index is 1170. The van der Waals surface area contributed by atoms with Gasteiger partial charge in [0.2, 0.25) is 5.88 Å². The number of methoxy groups -OCH3 is 1. The number of alkyl carbamates (subject to hydrolysis) is 1. The first-order valence-electron chi connectivity index (χ1n) is 10.9. The number of hydrogen-bond acceptors (Lipinski definition) is 8. The van der Waals surface area contributed by atoms with Crippen molar-refractivity contribution in [2.24, 2.45) is 11.1 Å². The summed E-state index contributed by atoms with van der Waals surface area (Å²) in [5, 5.41) is 15.6. The van der Waals surface area contributed by atoms with Gasteiger partial charge in [0.15, 0.2) is 0 Å². The second-order valence-corrected chi connectivity index (χ2v) is 8.02. The number of aromatic nitrogens is 2. The van der Waals surface area contributed by atoms with Crippen LogP contribution < -0.4 is 10.1 Å². The average Bonchev–Trinajstić information content (AvgIpc) is 3.28. The van der Waals surface area contributed by atoms with Crippen LogP contribution in [0.2, 0.25) is 0 Å². The number of rotatable bonds is 8. The number of nitrogens with one attached hydrogen (secondary N) is 1. The van der Waals surface area contributed by atoms with Crippen molar-refractivity contribution in [2.45, 2.75) is 13.0 Å². The van der Waals surface area contributed by atoms with Crippen LogP contribution in [-0.2, 0) is 17.8 Å². The SMILES string of the molecule is COc1ccc2ncc(F)c(CCN3CC(=NO)C(CNC(=O)OCc4ccccc4)C3)c2n1. The number of fused-ring (bicyclic) bond motifs is 1. The molecule has 0 radical (unpaired) electrons. The maximum atomic E-state index is 14.6. The molecule has 3 heterocycles. The highest BCUT2D eigenvalue weighted by Gasteiger charge is 2.30. The third-order valence-corrected chi connectivity index (χ3v) is 5.80. The zero-order valence-electron chi connectivity index (χ0n) is 18.8. The number of ether oxygens (including phenoxy) is 2. The van der Waals surface area contributed by atoms with E-state index in [1.807, 2.05) is 35.2 Å². The highest BCUT2D eigenvalue weighted by molar-refractivity contribution is 5.90. The first-order valence-corrected chi connectivity index (χ1v) is 10.9. The molecule has 0 bridgehead atoms. The molecule has 1 atom stereocenters. The van der Waals surface area contributed by atoms with Crippen molar-refractivity contribution in [2.75, 3.05) is 33.3 Å². The van der Waals surface area contributed by atoms with Crippen molar-refractivity contribution in [1.29, 1.82) is 0 Å². The highest BCUT2D eigenvalue weighted by atomic mass is 19.1. The van der Waals surface area contributed by atoms with Crippen LogP contribution in [0.5, 0.6) is 5.88 Å². The number of halogens is 1. The second-order valence-electron chi connectivity index (χ2n) is 8.02. The molecule has 1 aromatic carbocycles. The molecule has 0 spiro atoms. The zero-order chi connectivity index (χ0) is 23.9. The van der Waals surface area contributed by atoms with E-state index in [1.165, 1.54) is 13.3 Å². The molecule has 0 aliphatic carbocycles. The number of amides is 1. The van der Waals surface area contributed by atoms with Crippen molar-refractivity contribution < 1.29 is 23.9 Å². The molecule has 1 aliphatic rings. The summed E-state index contributed by atoms with van der Waals surface area (Å²) in [5.74, 6) is -0.211. The second kappa shape index (κ2) is 10.9. The minimum Gasteiger partial charge on any atom is -0.481 e. The lowest BCUT2D eigenvalue weighted by molar-refractivity contribution is 0.138. The summed E-state index contributed by atoms with van der Waals surface area (Å²) in [6.45, 7) is 1.94. The van der Waals surface area contributed by atoms with E-state index in [9.17, 15) is 14.4 Å². The lowest BCUT2D eigenvalue weighted by atomic mass is 10.1. The number of benzene rings is 1. The van der Waals surface area contributed by atoms with Crippen molar-refractivity contribution in [3.8, 4) is 5.88 Å². The summed E-state index contributed by atoms with van der Waals surface area (Å²) in [7, 11) is 1.51. The van der Waals surface area contributed by atoms with Crippen LogP contribution in [0, 0.1) is 11.7 Å². The third-order valence-electron chi connectivity index (χ3n) is 5.80. The number of nitrogens with zero attached hydrogens (tertiary/aromatic N) is 4. The largest absolute Gasteiger partial charge is 0.481 e. The van der Waals surface area contributed by atoms with E-state index in [-0.39, 0.29) is 19.1 Å². The van der Waals surface area contributed by atoms with Crippen molar-refractivity contribution in [1.82, 2.24) is 20.2 Å². The smallest absolute Gasteiger partial charge is 0.407 e. The van der Waals surface area contributed by atoms with Gasteiger partial charge in [0, 0.05) is 43.7 Å². The van der Waals surface area contributed by atoms with Gasteiger partial charge in [-0.25, -0.2) is 14.2 Å². The Balaban J connectivity index is 1.32. The van der Waals surface area contributed by atoms with Gasteiger partial charge in [0.25, 0.3) is 0 Å². The van der Waals surface area contributed by atoms with Crippen LogP contribution in [0.25, 0.3) is 11.0 Å². The van der Waals surface area contributed by atoms with Gasteiger partial charge in [-0.05, 0) is 18.1 Å². The van der Waals surface area contributed by atoms with Crippen molar-refractivity contribution in [3.05, 3.63) is 65.6 Å². The number of hydrogen-bond donors (Lipinski definition) is 2. The molecular weight excluding hydrogens is 441 g/mol. The fourth-order valence-corrected chi connectivity index (χ4v) is 3.99. The van der Waals surface area contributed by atoms with Gasteiger partial charge in [-0.3, -0.25) is 9.88 Å². The molecule has 34 heavy (non-hydrogen) atoms. The molecule has 1 amide bonds. The van der Waals surface area contributed by atoms with E-state index < -0.39 is 11.9 Å². The molecule has 9 nitrogen and oxygen atoms in total. The maximum Gasteiger partial charge on any atom is 0.407 e. The number of oxime groups is 1. The van der Waals surface area contributed by atoms with Crippen molar-refractivity contribution >= 4 is 22.8 Å². The van der Waals surface area contributed by atoms with Gasteiger partial charge in [-0.1, -0.05) is 35.5 Å². The standard InChI is InChI=1S/C24H26FN5O4/c1-33-22-8-7-20-23(28-22)18(19(25)12-26-20)9-10-30-13-17(21(14-30)29-32)11-27-24(31)34-15-16-5-3-2-4-6-16/h2-8,12,17,32H,9-11,13-15H2,1H3,(H,27,31). The van der Waals surface area contributed by atoms with Crippen LogP contribution in [0.1, 0.15) is 11.1 Å². The monoisotopic (exact) mass is 467 g/mol. The van der Waals surface area contributed by atoms with Gasteiger partial charge < -0.3 is 20.0 Å². The molecule has 3 aromatic rings. The topological polar surface area (TPSA) is 109 Å². The Hall–Kier alpha value is -3.79. The summed E-state index contributed by atoms with van der Waals surface area (Å²) in [6, 6.07) is 12.8. The summed E-state index contributed by atoms with van der Waals surface area (Å²) in [6.07, 6.45) is 1.05. The highest BCUT2D eigenvalue weighted by Crippen LogP contribution is 2.22. The Morgan fingerprint density at radius 2 is 2.12 bits per heavy atom. The maximum absolute atomic E-state index is 14.6.